The van der Waals surface area contributed by atoms with Crippen molar-refractivity contribution in [3.63, 3.8) is 0 Å². The van der Waals surface area contributed by atoms with Crippen LogP contribution in [0.2, 0.25) is 5.02 Å². The van der Waals surface area contributed by atoms with E-state index in [1.54, 1.807) is 18.3 Å². The lowest BCUT2D eigenvalue weighted by Crippen LogP contribution is -2.23. The van der Waals surface area contributed by atoms with Crippen LogP contribution in [0.5, 0.6) is 0 Å². The first kappa shape index (κ1) is 14.0. The van der Waals surface area contributed by atoms with Crippen LogP contribution in [0.15, 0.2) is 30.6 Å². The number of benzene rings is 1. The van der Waals surface area contributed by atoms with Gasteiger partial charge in [0.15, 0.2) is 0 Å². The third kappa shape index (κ3) is 3.33. The van der Waals surface area contributed by atoms with Crippen LogP contribution in [0, 0.1) is 5.82 Å². The van der Waals surface area contributed by atoms with Crippen molar-refractivity contribution in [3.05, 3.63) is 52.8 Å². The van der Waals surface area contributed by atoms with Crippen LogP contribution in [-0.4, -0.2) is 15.6 Å². The van der Waals surface area contributed by atoms with Gasteiger partial charge in [0, 0.05) is 35.4 Å². The predicted octanol–water partition coefficient (Wildman–Crippen LogP) is 3.00. The van der Waals surface area contributed by atoms with E-state index in [0.717, 1.165) is 12.2 Å². The highest BCUT2D eigenvalue weighted by molar-refractivity contribution is 6.31. The molecule has 0 saturated carbocycles. The Morgan fingerprint density at radius 3 is 2.95 bits per heavy atom. The van der Waals surface area contributed by atoms with Gasteiger partial charge in [-0.15, -0.1) is 0 Å². The second-order valence-electron chi connectivity index (χ2n) is 4.54. The molecule has 0 aliphatic rings. The summed E-state index contributed by atoms with van der Waals surface area (Å²) in [4.78, 5) is 4.28. The number of halogens is 2. The summed E-state index contributed by atoms with van der Waals surface area (Å²) in [5, 5.41) is 0.430. The van der Waals surface area contributed by atoms with Crippen LogP contribution in [0.25, 0.3) is 0 Å². The quantitative estimate of drug-likeness (QED) is 0.915. The van der Waals surface area contributed by atoms with Crippen LogP contribution in [0.3, 0.4) is 0 Å². The van der Waals surface area contributed by atoms with Gasteiger partial charge in [-0.1, -0.05) is 24.6 Å². The molecule has 1 unspecified atom stereocenters. The Labute approximate surface area is 117 Å². The lowest BCUT2D eigenvalue weighted by Gasteiger charge is -2.12. The summed E-state index contributed by atoms with van der Waals surface area (Å²) in [7, 11) is 0. The number of nitrogens with zero attached hydrogens (tertiary/aromatic N) is 2. The lowest BCUT2D eigenvalue weighted by molar-refractivity contribution is 0.575. The van der Waals surface area contributed by atoms with Gasteiger partial charge in [0.2, 0.25) is 0 Å². The van der Waals surface area contributed by atoms with E-state index in [-0.39, 0.29) is 11.9 Å². The zero-order chi connectivity index (χ0) is 13.8. The Hall–Kier alpha value is -1.39. The molecule has 0 saturated heterocycles. The van der Waals surface area contributed by atoms with Gasteiger partial charge in [-0.05, 0) is 18.6 Å². The molecule has 0 bridgehead atoms. The number of rotatable bonds is 5. The summed E-state index contributed by atoms with van der Waals surface area (Å²) >= 11 is 6.03. The van der Waals surface area contributed by atoms with Crippen LogP contribution < -0.4 is 5.73 Å². The van der Waals surface area contributed by atoms with Crippen molar-refractivity contribution in [3.8, 4) is 0 Å². The first-order chi connectivity index (χ1) is 9.11. The summed E-state index contributed by atoms with van der Waals surface area (Å²) in [6.07, 6.45) is 5.08. The highest BCUT2D eigenvalue weighted by Crippen LogP contribution is 2.20. The molecule has 5 heteroatoms. The van der Waals surface area contributed by atoms with Gasteiger partial charge in [-0.2, -0.15) is 0 Å². The van der Waals surface area contributed by atoms with Crippen molar-refractivity contribution in [2.75, 3.05) is 0 Å². The van der Waals surface area contributed by atoms with Gasteiger partial charge in [0.1, 0.15) is 11.6 Å². The van der Waals surface area contributed by atoms with E-state index >= 15 is 0 Å². The van der Waals surface area contributed by atoms with E-state index in [1.807, 2.05) is 17.7 Å². The van der Waals surface area contributed by atoms with Gasteiger partial charge >= 0.3 is 0 Å². The molecule has 2 N–H and O–H groups in total. The fourth-order valence-electron chi connectivity index (χ4n) is 1.91. The summed E-state index contributed by atoms with van der Waals surface area (Å²) < 4.78 is 15.6. The number of aromatic nitrogens is 2. The molecule has 0 radical (unpaired) electrons. The minimum Gasteiger partial charge on any atom is -0.330 e. The molecular formula is C14H17ClFN3. The molecule has 2 aromatic rings. The monoisotopic (exact) mass is 281 g/mol. The molecule has 0 spiro atoms. The van der Waals surface area contributed by atoms with E-state index in [9.17, 15) is 4.39 Å². The van der Waals surface area contributed by atoms with E-state index in [0.29, 0.717) is 23.6 Å². The van der Waals surface area contributed by atoms with Crippen LogP contribution >= 0.6 is 11.6 Å². The summed E-state index contributed by atoms with van der Waals surface area (Å²) in [6, 6.07) is 4.77. The maximum atomic E-state index is 13.8. The van der Waals surface area contributed by atoms with Crippen LogP contribution in [-0.2, 0) is 13.0 Å². The molecule has 0 amide bonds. The molecule has 102 valence electrons. The third-order valence-electron chi connectivity index (χ3n) is 3.16. The fraction of sp³-hybridized carbons (Fsp3) is 0.357. The fourth-order valence-corrected chi connectivity index (χ4v) is 2.13. The molecule has 1 heterocycles. The standard InChI is InChI=1S/C14H17ClFN3/c1-2-10(17)8-14-18-6-7-19(14)9-11-12(15)4-3-5-13(11)16/h3-7,10H,2,8-9,17H2,1H3. The Balaban J connectivity index is 2.22. The Bertz CT molecular complexity index is 533. The van der Waals surface area contributed by atoms with E-state index in [2.05, 4.69) is 4.98 Å². The SMILES string of the molecule is CCC(N)Cc1nccn1Cc1c(F)cccc1Cl. The zero-order valence-electron chi connectivity index (χ0n) is 10.8. The second kappa shape index (κ2) is 6.17. The summed E-state index contributed by atoms with van der Waals surface area (Å²) in [6.45, 7) is 2.41. The van der Waals surface area contributed by atoms with Gasteiger partial charge < -0.3 is 10.3 Å². The maximum Gasteiger partial charge on any atom is 0.129 e. The van der Waals surface area contributed by atoms with E-state index < -0.39 is 0 Å². The van der Waals surface area contributed by atoms with Crippen molar-refractivity contribution >= 4 is 11.6 Å². The molecule has 3 nitrogen and oxygen atoms in total. The third-order valence-corrected chi connectivity index (χ3v) is 3.52. The largest absolute Gasteiger partial charge is 0.330 e. The first-order valence-corrected chi connectivity index (χ1v) is 6.68. The van der Waals surface area contributed by atoms with Crippen LogP contribution in [0.4, 0.5) is 4.39 Å². The lowest BCUT2D eigenvalue weighted by atomic mass is 10.1. The topological polar surface area (TPSA) is 43.8 Å². The van der Waals surface area contributed by atoms with E-state index in [1.165, 1.54) is 6.07 Å². The Kier molecular flexibility index (Phi) is 4.56. The smallest absolute Gasteiger partial charge is 0.129 e. The van der Waals surface area contributed by atoms with Gasteiger partial charge in [-0.25, -0.2) is 9.37 Å². The van der Waals surface area contributed by atoms with Crippen molar-refractivity contribution in [2.45, 2.75) is 32.4 Å². The first-order valence-electron chi connectivity index (χ1n) is 6.30. The second-order valence-corrected chi connectivity index (χ2v) is 4.95. The van der Waals surface area contributed by atoms with Crippen molar-refractivity contribution < 1.29 is 4.39 Å². The number of imidazole rings is 1. The average Bonchev–Trinajstić information content (AvgIpc) is 2.81. The molecular weight excluding hydrogens is 265 g/mol. The van der Waals surface area contributed by atoms with Crippen molar-refractivity contribution in [1.82, 2.24) is 9.55 Å². The van der Waals surface area contributed by atoms with Gasteiger partial charge in [0.05, 0.1) is 6.54 Å². The summed E-state index contributed by atoms with van der Waals surface area (Å²) in [5.41, 5.74) is 6.41. The molecule has 1 aromatic heterocycles. The molecule has 0 fully saturated rings. The molecule has 1 aromatic carbocycles. The normalized spacial score (nSPS) is 12.6. The highest BCUT2D eigenvalue weighted by Gasteiger charge is 2.12. The molecule has 19 heavy (non-hydrogen) atoms. The van der Waals surface area contributed by atoms with E-state index in [4.69, 9.17) is 17.3 Å². The molecule has 0 aliphatic heterocycles. The Morgan fingerprint density at radius 2 is 2.26 bits per heavy atom. The minimum absolute atomic E-state index is 0.0669. The van der Waals surface area contributed by atoms with Crippen molar-refractivity contribution in [2.24, 2.45) is 5.73 Å². The van der Waals surface area contributed by atoms with Crippen molar-refractivity contribution in [1.29, 1.82) is 0 Å². The predicted molar refractivity (Wildman–Crippen MR) is 74.7 cm³/mol. The number of nitrogens with two attached hydrogens (primary N) is 1. The van der Waals surface area contributed by atoms with Crippen LogP contribution in [0.1, 0.15) is 24.7 Å². The molecule has 1 atom stereocenters. The number of hydrogen-bond acceptors (Lipinski definition) is 2. The zero-order valence-corrected chi connectivity index (χ0v) is 11.6. The molecule has 0 aliphatic carbocycles. The maximum absolute atomic E-state index is 13.8. The van der Waals surface area contributed by atoms with Gasteiger partial charge in [0.25, 0.3) is 0 Å². The number of hydrogen-bond donors (Lipinski definition) is 1. The Morgan fingerprint density at radius 1 is 1.47 bits per heavy atom. The summed E-state index contributed by atoms with van der Waals surface area (Å²) in [5.74, 6) is 0.556. The highest BCUT2D eigenvalue weighted by atomic mass is 35.5. The minimum atomic E-state index is -0.299. The average molecular weight is 282 g/mol. The van der Waals surface area contributed by atoms with Gasteiger partial charge in [-0.3, -0.25) is 0 Å². The molecule has 2 rings (SSSR count).